The van der Waals surface area contributed by atoms with Crippen LogP contribution in [0.5, 0.6) is 0 Å². The average Bonchev–Trinajstić information content (AvgIpc) is 2.91. The Bertz CT molecular complexity index is 867. The van der Waals surface area contributed by atoms with Crippen molar-refractivity contribution >= 4 is 18.2 Å². The molecule has 1 aliphatic rings. The predicted molar refractivity (Wildman–Crippen MR) is 101 cm³/mol. The van der Waals surface area contributed by atoms with Crippen LogP contribution in [0.1, 0.15) is 22.7 Å². The van der Waals surface area contributed by atoms with Gasteiger partial charge in [0.25, 0.3) is 0 Å². The first-order chi connectivity index (χ1) is 12.3. The Balaban J connectivity index is 0.00000196. The van der Waals surface area contributed by atoms with Crippen molar-refractivity contribution in [2.45, 2.75) is 26.3 Å². The van der Waals surface area contributed by atoms with Gasteiger partial charge in [-0.25, -0.2) is 9.97 Å². The van der Waals surface area contributed by atoms with Crippen LogP contribution in [0.4, 0.5) is 5.82 Å². The maximum Gasteiger partial charge on any atom is 0.163 e. The molecule has 3 aromatic rings. The highest BCUT2D eigenvalue weighted by Gasteiger charge is 2.17. The maximum atomic E-state index is 5.29. The van der Waals surface area contributed by atoms with Crippen LogP contribution >= 0.6 is 12.4 Å². The molecule has 4 heterocycles. The molecular weight excluding hydrogens is 352 g/mol. The number of nitrogens with one attached hydrogen (secondary N) is 2. The summed E-state index contributed by atoms with van der Waals surface area (Å²) < 4.78 is 5.29. The molecule has 0 saturated heterocycles. The van der Waals surface area contributed by atoms with Gasteiger partial charge in [-0.15, -0.1) is 12.4 Å². The number of aromatic nitrogens is 4. The minimum absolute atomic E-state index is 0. The smallest absolute Gasteiger partial charge is 0.163 e. The largest absolute Gasteiger partial charge is 0.362 e. The van der Waals surface area contributed by atoms with Gasteiger partial charge in [-0.2, -0.15) is 0 Å². The number of nitrogens with zero attached hydrogens (tertiary/aromatic N) is 4. The molecule has 0 unspecified atom stereocenters. The van der Waals surface area contributed by atoms with E-state index in [0.717, 1.165) is 54.5 Å². The van der Waals surface area contributed by atoms with E-state index in [9.17, 15) is 0 Å². The second-order valence-corrected chi connectivity index (χ2v) is 6.10. The highest BCUT2D eigenvalue weighted by molar-refractivity contribution is 5.85. The van der Waals surface area contributed by atoms with Gasteiger partial charge in [0.2, 0.25) is 0 Å². The van der Waals surface area contributed by atoms with E-state index >= 15 is 0 Å². The zero-order valence-electron chi connectivity index (χ0n) is 14.5. The van der Waals surface area contributed by atoms with Gasteiger partial charge in [0, 0.05) is 42.6 Å². The summed E-state index contributed by atoms with van der Waals surface area (Å²) in [7, 11) is 0. The lowest BCUT2D eigenvalue weighted by Crippen LogP contribution is -2.16. The lowest BCUT2D eigenvalue weighted by atomic mass is 10.1. The van der Waals surface area contributed by atoms with E-state index < -0.39 is 0 Å². The number of fused-ring (bicyclic) bond motifs is 1. The molecule has 0 aliphatic carbocycles. The first kappa shape index (κ1) is 18.3. The van der Waals surface area contributed by atoms with Crippen LogP contribution in [0.15, 0.2) is 35.1 Å². The Morgan fingerprint density at radius 3 is 2.88 bits per heavy atom. The third kappa shape index (κ3) is 4.00. The van der Waals surface area contributed by atoms with Crippen LogP contribution in [0.25, 0.3) is 11.4 Å². The molecule has 0 bridgehead atoms. The second-order valence-electron chi connectivity index (χ2n) is 6.10. The van der Waals surface area contributed by atoms with E-state index in [2.05, 4.69) is 20.8 Å². The summed E-state index contributed by atoms with van der Waals surface area (Å²) in [4.78, 5) is 13.7. The van der Waals surface area contributed by atoms with E-state index in [0.29, 0.717) is 12.4 Å². The molecule has 0 radical (unpaired) electrons. The van der Waals surface area contributed by atoms with Crippen molar-refractivity contribution in [3.63, 3.8) is 0 Å². The normalized spacial score (nSPS) is 13.4. The summed E-state index contributed by atoms with van der Waals surface area (Å²) in [6.07, 6.45) is 5.34. The first-order valence-electron chi connectivity index (χ1n) is 8.46. The molecule has 0 amide bonds. The SMILES string of the molecule is Cc1cc(CNc2nc(-c3cccnc3)nc3c2CCNCC3)on1.Cl. The van der Waals surface area contributed by atoms with E-state index in [1.165, 1.54) is 5.56 Å². The minimum atomic E-state index is 0. The third-order valence-corrected chi connectivity index (χ3v) is 4.21. The van der Waals surface area contributed by atoms with Gasteiger partial charge in [0.05, 0.1) is 17.9 Å². The molecule has 3 aromatic heterocycles. The molecule has 2 N–H and O–H groups in total. The monoisotopic (exact) mass is 372 g/mol. The summed E-state index contributed by atoms with van der Waals surface area (Å²) in [6, 6.07) is 5.81. The fourth-order valence-electron chi connectivity index (χ4n) is 2.99. The highest BCUT2D eigenvalue weighted by Crippen LogP contribution is 2.24. The number of halogens is 1. The summed E-state index contributed by atoms with van der Waals surface area (Å²) in [6.45, 7) is 4.32. The van der Waals surface area contributed by atoms with Crippen LogP contribution in [0.3, 0.4) is 0 Å². The van der Waals surface area contributed by atoms with E-state index in [1.54, 1.807) is 12.4 Å². The Kier molecular flexibility index (Phi) is 5.80. The molecule has 0 atom stereocenters. The molecule has 26 heavy (non-hydrogen) atoms. The predicted octanol–water partition coefficient (Wildman–Crippen LogP) is 2.56. The zero-order chi connectivity index (χ0) is 17.1. The molecule has 0 aromatic carbocycles. The molecule has 0 spiro atoms. The molecule has 7 nitrogen and oxygen atoms in total. The molecule has 4 rings (SSSR count). The van der Waals surface area contributed by atoms with Crippen molar-refractivity contribution < 1.29 is 4.52 Å². The third-order valence-electron chi connectivity index (χ3n) is 4.21. The molecule has 1 aliphatic heterocycles. The number of rotatable bonds is 4. The van der Waals surface area contributed by atoms with Gasteiger partial charge in [0.1, 0.15) is 5.82 Å². The van der Waals surface area contributed by atoms with Crippen molar-refractivity contribution in [3.05, 3.63) is 53.3 Å². The minimum Gasteiger partial charge on any atom is -0.362 e. The molecule has 136 valence electrons. The highest BCUT2D eigenvalue weighted by atomic mass is 35.5. The second kappa shape index (κ2) is 8.25. The Labute approximate surface area is 158 Å². The van der Waals surface area contributed by atoms with E-state index in [1.807, 2.05) is 25.1 Å². The molecular formula is C18H21ClN6O. The summed E-state index contributed by atoms with van der Waals surface area (Å²) >= 11 is 0. The number of anilines is 1. The van der Waals surface area contributed by atoms with Gasteiger partial charge >= 0.3 is 0 Å². The summed E-state index contributed by atoms with van der Waals surface area (Å²) in [5.41, 5.74) is 4.06. The van der Waals surface area contributed by atoms with Crippen molar-refractivity contribution in [2.24, 2.45) is 0 Å². The van der Waals surface area contributed by atoms with Gasteiger partial charge < -0.3 is 15.2 Å². The standard InChI is InChI=1S/C18H20N6O.ClH/c1-12-9-14(25-24-12)11-21-18-15-4-7-19-8-5-16(15)22-17(23-18)13-3-2-6-20-10-13;/h2-3,6,9-10,19H,4-5,7-8,11H2,1H3,(H,21,22,23);1H. The van der Waals surface area contributed by atoms with Gasteiger partial charge in [-0.3, -0.25) is 4.98 Å². The van der Waals surface area contributed by atoms with Crippen LogP contribution in [0.2, 0.25) is 0 Å². The topological polar surface area (TPSA) is 88.8 Å². The van der Waals surface area contributed by atoms with Crippen LogP contribution in [0, 0.1) is 6.92 Å². The lowest BCUT2D eigenvalue weighted by molar-refractivity contribution is 0.384. The Morgan fingerprint density at radius 1 is 1.23 bits per heavy atom. The van der Waals surface area contributed by atoms with E-state index in [-0.39, 0.29) is 12.4 Å². The number of hydrogen-bond donors (Lipinski definition) is 2. The fraction of sp³-hybridized carbons (Fsp3) is 0.333. The van der Waals surface area contributed by atoms with Crippen molar-refractivity contribution in [1.82, 2.24) is 25.4 Å². The Morgan fingerprint density at radius 2 is 2.12 bits per heavy atom. The number of aryl methyl sites for hydroxylation is 1. The summed E-state index contributed by atoms with van der Waals surface area (Å²) in [5.74, 6) is 2.35. The lowest BCUT2D eigenvalue weighted by Gasteiger charge is -2.14. The van der Waals surface area contributed by atoms with Crippen molar-refractivity contribution in [2.75, 3.05) is 18.4 Å². The van der Waals surface area contributed by atoms with E-state index in [4.69, 9.17) is 14.5 Å². The molecule has 8 heteroatoms. The maximum absolute atomic E-state index is 5.29. The van der Waals surface area contributed by atoms with Crippen molar-refractivity contribution in [3.8, 4) is 11.4 Å². The zero-order valence-corrected chi connectivity index (χ0v) is 15.3. The fourth-order valence-corrected chi connectivity index (χ4v) is 2.99. The summed E-state index contributed by atoms with van der Waals surface area (Å²) in [5, 5.41) is 10.8. The molecule has 0 fully saturated rings. The Hall–Kier alpha value is -2.51. The van der Waals surface area contributed by atoms with Crippen LogP contribution in [-0.2, 0) is 19.4 Å². The van der Waals surface area contributed by atoms with Gasteiger partial charge in [-0.1, -0.05) is 5.16 Å². The van der Waals surface area contributed by atoms with Gasteiger partial charge in [0.15, 0.2) is 11.6 Å². The number of pyridine rings is 1. The van der Waals surface area contributed by atoms with Crippen molar-refractivity contribution in [1.29, 1.82) is 0 Å². The van der Waals surface area contributed by atoms with Crippen LogP contribution < -0.4 is 10.6 Å². The van der Waals surface area contributed by atoms with Gasteiger partial charge in [-0.05, 0) is 32.0 Å². The average molecular weight is 373 g/mol. The molecule has 0 saturated carbocycles. The quantitative estimate of drug-likeness (QED) is 0.727. The number of hydrogen-bond acceptors (Lipinski definition) is 7. The first-order valence-corrected chi connectivity index (χ1v) is 8.46. The van der Waals surface area contributed by atoms with Crippen LogP contribution in [-0.4, -0.2) is 33.2 Å².